The van der Waals surface area contributed by atoms with Crippen LogP contribution in [0.4, 0.5) is 0 Å². The van der Waals surface area contributed by atoms with E-state index >= 15 is 0 Å². The zero-order chi connectivity index (χ0) is 14.8. The first kappa shape index (κ1) is 15.2. The van der Waals surface area contributed by atoms with Gasteiger partial charge in [0.25, 0.3) is 0 Å². The highest BCUT2D eigenvalue weighted by Gasteiger charge is 2.43. The van der Waals surface area contributed by atoms with E-state index in [9.17, 15) is 4.55 Å². The molecule has 0 radical (unpaired) electrons. The van der Waals surface area contributed by atoms with Gasteiger partial charge in [-0.3, -0.25) is 0 Å². The van der Waals surface area contributed by atoms with Gasteiger partial charge in [0.2, 0.25) is 0 Å². The van der Waals surface area contributed by atoms with Crippen molar-refractivity contribution < 1.29 is 4.55 Å². The molecule has 2 rings (SSSR count). The molecule has 2 aromatic rings. The van der Waals surface area contributed by atoms with Gasteiger partial charge in [-0.05, 0) is 32.4 Å². The summed E-state index contributed by atoms with van der Waals surface area (Å²) in [5, 5.41) is -0.173. The van der Waals surface area contributed by atoms with Crippen molar-refractivity contribution in [3.63, 3.8) is 0 Å². The lowest BCUT2D eigenvalue weighted by molar-refractivity contribution is 0.532. The van der Waals surface area contributed by atoms with Gasteiger partial charge >= 0.3 is 5.16 Å². The number of nitrogens with zero attached hydrogens (tertiary/aromatic N) is 4. The van der Waals surface area contributed by atoms with Crippen LogP contribution in [-0.4, -0.2) is 29.7 Å². The third kappa shape index (κ3) is 3.08. The van der Waals surface area contributed by atoms with Crippen LogP contribution in [0.15, 0.2) is 36.0 Å². The zero-order valence-electron chi connectivity index (χ0n) is 11.4. The van der Waals surface area contributed by atoms with Crippen LogP contribution in [0.25, 0.3) is 0 Å². The fraction of sp³-hybridized carbons (Fsp3) is 0.385. The molecule has 0 spiro atoms. The number of halogens is 1. The molecule has 0 saturated heterocycles. The lowest BCUT2D eigenvalue weighted by atomic mass is 10.1. The lowest BCUT2D eigenvalue weighted by Gasteiger charge is -2.27. The first-order valence-electron chi connectivity index (χ1n) is 6.08. The minimum atomic E-state index is -1.44. The second kappa shape index (κ2) is 6.03. The summed E-state index contributed by atoms with van der Waals surface area (Å²) >= 11 is 5.10. The van der Waals surface area contributed by atoms with E-state index in [2.05, 4.69) is 19.9 Å². The Balaban J connectivity index is 2.26. The summed E-state index contributed by atoms with van der Waals surface area (Å²) in [5.74, 6) is 0.446. The molecule has 0 amide bonds. The fourth-order valence-corrected chi connectivity index (χ4v) is 3.07. The van der Waals surface area contributed by atoms with Gasteiger partial charge in [0, 0.05) is 36.0 Å². The molecule has 106 valence electrons. The molecule has 0 aromatic carbocycles. The summed E-state index contributed by atoms with van der Waals surface area (Å²) < 4.78 is 12.5. The van der Waals surface area contributed by atoms with E-state index in [1.807, 2.05) is 6.92 Å². The average Bonchev–Trinajstić information content (AvgIpc) is 2.47. The molecule has 0 bridgehead atoms. The highest BCUT2D eigenvalue weighted by molar-refractivity contribution is 7.92. The number of hydrogen-bond donors (Lipinski definition) is 0. The van der Waals surface area contributed by atoms with Gasteiger partial charge in [-0.1, -0.05) is 0 Å². The molecule has 0 aliphatic carbocycles. The Morgan fingerprint density at radius 2 is 1.75 bits per heavy atom. The van der Waals surface area contributed by atoms with Gasteiger partial charge < -0.3 is 4.55 Å². The van der Waals surface area contributed by atoms with E-state index in [1.165, 1.54) is 0 Å². The first-order valence-corrected chi connectivity index (χ1v) is 7.67. The zero-order valence-corrected chi connectivity index (χ0v) is 13.0. The van der Waals surface area contributed by atoms with Crippen LogP contribution in [0.2, 0.25) is 0 Å². The molecular formula is C13H15ClN4OS. The van der Waals surface area contributed by atoms with Gasteiger partial charge in [-0.15, -0.1) is 11.6 Å². The Bertz CT molecular complexity index is 564. The minimum Gasteiger partial charge on any atom is -0.609 e. The topological polar surface area (TPSA) is 74.6 Å². The molecule has 2 aromatic heterocycles. The molecule has 3 unspecified atom stereocenters. The lowest BCUT2D eigenvalue weighted by Crippen LogP contribution is -2.38. The maximum atomic E-state index is 12.5. The monoisotopic (exact) mass is 310 g/mol. The molecule has 0 aliphatic heterocycles. The van der Waals surface area contributed by atoms with Crippen LogP contribution in [0, 0.1) is 6.92 Å². The molecule has 5 nitrogen and oxygen atoms in total. The van der Waals surface area contributed by atoms with Crippen molar-refractivity contribution in [3.8, 4) is 0 Å². The summed E-state index contributed by atoms with van der Waals surface area (Å²) in [6.45, 7) is 5.43. The van der Waals surface area contributed by atoms with Crippen LogP contribution >= 0.6 is 11.6 Å². The van der Waals surface area contributed by atoms with E-state index in [-0.39, 0.29) is 5.16 Å². The summed E-state index contributed by atoms with van der Waals surface area (Å²) in [6.07, 6.45) is 6.50. The van der Waals surface area contributed by atoms with Crippen molar-refractivity contribution >= 4 is 22.8 Å². The summed E-state index contributed by atoms with van der Waals surface area (Å²) in [6, 6.07) is 1.67. The van der Waals surface area contributed by atoms with E-state index < -0.39 is 21.3 Å². The highest BCUT2D eigenvalue weighted by Crippen LogP contribution is 2.35. The number of alkyl halides is 1. The summed E-state index contributed by atoms with van der Waals surface area (Å²) in [5.41, 5.74) is 0.946. The fourth-order valence-electron chi connectivity index (χ4n) is 1.58. The highest BCUT2D eigenvalue weighted by atomic mass is 35.5. The third-order valence-electron chi connectivity index (χ3n) is 3.02. The number of aryl methyl sites for hydroxylation is 1. The molecule has 2 heterocycles. The van der Waals surface area contributed by atoms with Crippen LogP contribution in [-0.2, 0) is 16.1 Å². The predicted octanol–water partition coefficient (Wildman–Crippen LogP) is 2.23. The van der Waals surface area contributed by atoms with Crippen LogP contribution in [0.5, 0.6) is 0 Å². The Morgan fingerprint density at radius 3 is 2.30 bits per heavy atom. The quantitative estimate of drug-likeness (QED) is 0.492. The van der Waals surface area contributed by atoms with Gasteiger partial charge in [0.05, 0.1) is 0 Å². The summed E-state index contributed by atoms with van der Waals surface area (Å²) in [4.78, 5) is 15.5. The van der Waals surface area contributed by atoms with Crippen molar-refractivity contribution in [2.45, 2.75) is 36.1 Å². The SMILES string of the molecule is Cc1cnc(C(C)(Cl)C(C)[S+]([O-])c2ncccn2)nc1. The van der Waals surface area contributed by atoms with Crippen LogP contribution in [0.1, 0.15) is 25.2 Å². The van der Waals surface area contributed by atoms with Crippen molar-refractivity contribution in [1.82, 2.24) is 19.9 Å². The summed E-state index contributed by atoms with van der Waals surface area (Å²) in [7, 11) is 0. The molecule has 3 atom stereocenters. The van der Waals surface area contributed by atoms with Crippen LogP contribution < -0.4 is 0 Å². The second-order valence-electron chi connectivity index (χ2n) is 4.63. The van der Waals surface area contributed by atoms with E-state index in [1.54, 1.807) is 44.7 Å². The van der Waals surface area contributed by atoms with Crippen molar-refractivity contribution in [1.29, 1.82) is 0 Å². The standard InChI is InChI=1S/C13H15ClN4OS/c1-9-7-17-11(18-8-9)13(3,14)10(2)20(19)12-15-5-4-6-16-12/h4-8,10H,1-3H3. The number of hydrogen-bond acceptors (Lipinski definition) is 5. The average molecular weight is 311 g/mol. The Labute approximate surface area is 126 Å². The van der Waals surface area contributed by atoms with E-state index in [4.69, 9.17) is 11.6 Å². The number of aromatic nitrogens is 4. The van der Waals surface area contributed by atoms with E-state index in [0.717, 1.165) is 5.56 Å². The maximum absolute atomic E-state index is 12.5. The Morgan fingerprint density at radius 1 is 1.20 bits per heavy atom. The smallest absolute Gasteiger partial charge is 0.342 e. The normalized spacial score (nSPS) is 17.2. The molecule has 0 aliphatic rings. The van der Waals surface area contributed by atoms with Gasteiger partial charge in [-0.2, -0.15) is 9.97 Å². The predicted molar refractivity (Wildman–Crippen MR) is 77.9 cm³/mol. The van der Waals surface area contributed by atoms with Gasteiger partial charge in [0.1, 0.15) is 10.1 Å². The van der Waals surface area contributed by atoms with E-state index in [0.29, 0.717) is 5.82 Å². The molecule has 7 heteroatoms. The van der Waals surface area contributed by atoms with Crippen molar-refractivity contribution in [2.24, 2.45) is 0 Å². The Kier molecular flexibility index (Phi) is 4.57. The number of rotatable bonds is 4. The molecule has 0 N–H and O–H groups in total. The van der Waals surface area contributed by atoms with Gasteiger partial charge in [-0.25, -0.2) is 9.97 Å². The third-order valence-corrected chi connectivity index (χ3v) is 5.33. The minimum absolute atomic E-state index is 0.263. The molecular weight excluding hydrogens is 296 g/mol. The Hall–Kier alpha value is -1.24. The molecule has 0 fully saturated rings. The van der Waals surface area contributed by atoms with Crippen LogP contribution in [0.3, 0.4) is 0 Å². The van der Waals surface area contributed by atoms with Crippen molar-refractivity contribution in [3.05, 3.63) is 42.2 Å². The maximum Gasteiger partial charge on any atom is 0.342 e. The van der Waals surface area contributed by atoms with Gasteiger partial charge in [0.15, 0.2) is 5.82 Å². The first-order chi connectivity index (χ1) is 9.43. The second-order valence-corrected chi connectivity index (χ2v) is 7.08. The largest absolute Gasteiger partial charge is 0.609 e. The van der Waals surface area contributed by atoms with Crippen molar-refractivity contribution in [2.75, 3.05) is 0 Å². The molecule has 0 saturated carbocycles. The molecule has 20 heavy (non-hydrogen) atoms.